The van der Waals surface area contributed by atoms with E-state index in [4.69, 9.17) is 4.74 Å². The largest absolute Gasteiger partial charge is 0.451 e. The van der Waals surface area contributed by atoms with Crippen LogP contribution < -0.4 is 5.32 Å². The zero-order valence-corrected chi connectivity index (χ0v) is 14.7. The number of esters is 1. The van der Waals surface area contributed by atoms with Gasteiger partial charge >= 0.3 is 5.97 Å². The second-order valence-electron chi connectivity index (χ2n) is 5.33. The van der Waals surface area contributed by atoms with Gasteiger partial charge < -0.3 is 10.1 Å². The Balaban J connectivity index is 1.88. The number of ether oxygens (including phenoxy) is 1. The number of hydrogen-bond acceptors (Lipinski definition) is 5. The van der Waals surface area contributed by atoms with E-state index in [2.05, 4.69) is 5.32 Å². The maximum absolute atomic E-state index is 12.0. The first-order valence-electron chi connectivity index (χ1n) is 7.58. The van der Waals surface area contributed by atoms with Gasteiger partial charge in [-0.25, -0.2) is 4.79 Å². The van der Waals surface area contributed by atoms with Crippen LogP contribution in [0, 0.1) is 6.92 Å². The van der Waals surface area contributed by atoms with Crippen LogP contribution in [0.15, 0.2) is 30.3 Å². The van der Waals surface area contributed by atoms with Crippen LogP contribution in [-0.4, -0.2) is 24.3 Å². The molecule has 0 unspecified atom stereocenters. The smallest absolute Gasteiger partial charge is 0.348 e. The first kappa shape index (κ1) is 17.9. The zero-order valence-electron chi connectivity index (χ0n) is 13.8. The molecule has 1 aromatic carbocycles. The highest BCUT2D eigenvalue weighted by Crippen LogP contribution is 2.23. The minimum atomic E-state index is -0.495. The summed E-state index contributed by atoms with van der Waals surface area (Å²) >= 11 is 1.39. The first-order chi connectivity index (χ1) is 11.4. The Morgan fingerprint density at radius 3 is 2.38 bits per heavy atom. The van der Waals surface area contributed by atoms with Crippen LogP contribution >= 0.6 is 11.3 Å². The molecule has 1 aromatic heterocycles. The van der Waals surface area contributed by atoms with Crippen LogP contribution in [0.2, 0.25) is 0 Å². The number of amides is 1. The molecule has 1 N–H and O–H groups in total. The molecule has 1 amide bonds. The third-order valence-electron chi connectivity index (χ3n) is 3.45. The Morgan fingerprint density at radius 1 is 1.17 bits per heavy atom. The molecule has 0 atom stereocenters. The van der Waals surface area contributed by atoms with Crippen LogP contribution in [0.25, 0.3) is 0 Å². The fourth-order valence-electron chi connectivity index (χ4n) is 2.16. The van der Waals surface area contributed by atoms with Gasteiger partial charge in [-0.2, -0.15) is 0 Å². The van der Waals surface area contributed by atoms with E-state index in [1.807, 2.05) is 13.8 Å². The summed E-state index contributed by atoms with van der Waals surface area (Å²) < 4.78 is 5.04. The fourth-order valence-corrected chi connectivity index (χ4v) is 3.17. The second kappa shape index (κ2) is 7.88. The number of anilines is 1. The van der Waals surface area contributed by atoms with E-state index in [0.29, 0.717) is 16.1 Å². The molecule has 0 bridgehead atoms. The number of rotatable bonds is 6. The number of nitrogens with one attached hydrogen (secondary N) is 1. The molecule has 0 aliphatic heterocycles. The standard InChI is InChI=1S/C18H19NO4S/c1-4-15-11(2)9-16(24-15)18(22)23-10-17(21)19-14-7-5-13(6-8-14)12(3)20/h5-9H,4,10H2,1-3H3,(H,19,21). The van der Waals surface area contributed by atoms with Gasteiger partial charge in [0.15, 0.2) is 12.4 Å². The molecule has 126 valence electrons. The van der Waals surface area contributed by atoms with Gasteiger partial charge in [0.05, 0.1) is 0 Å². The summed E-state index contributed by atoms with van der Waals surface area (Å²) in [5.74, 6) is -0.965. The van der Waals surface area contributed by atoms with E-state index in [1.165, 1.54) is 18.3 Å². The van der Waals surface area contributed by atoms with E-state index >= 15 is 0 Å². The van der Waals surface area contributed by atoms with Crippen molar-refractivity contribution < 1.29 is 19.1 Å². The van der Waals surface area contributed by atoms with E-state index in [1.54, 1.807) is 30.3 Å². The number of benzene rings is 1. The van der Waals surface area contributed by atoms with E-state index in [-0.39, 0.29) is 12.4 Å². The molecule has 6 heteroatoms. The van der Waals surface area contributed by atoms with Crippen molar-refractivity contribution in [1.82, 2.24) is 0 Å². The fraction of sp³-hybridized carbons (Fsp3) is 0.278. The zero-order chi connectivity index (χ0) is 17.7. The van der Waals surface area contributed by atoms with Crippen LogP contribution in [0.4, 0.5) is 5.69 Å². The topological polar surface area (TPSA) is 72.5 Å². The molecular formula is C18H19NO4S. The van der Waals surface area contributed by atoms with E-state index in [9.17, 15) is 14.4 Å². The summed E-state index contributed by atoms with van der Waals surface area (Å²) in [6.45, 7) is 5.09. The normalized spacial score (nSPS) is 10.3. The van der Waals surface area contributed by atoms with Crippen LogP contribution in [0.3, 0.4) is 0 Å². The van der Waals surface area contributed by atoms with Gasteiger partial charge in [-0.05, 0) is 56.2 Å². The predicted octanol–water partition coefficient (Wildman–Crippen LogP) is 3.62. The lowest BCUT2D eigenvalue weighted by molar-refractivity contribution is -0.119. The molecule has 0 saturated heterocycles. The monoisotopic (exact) mass is 345 g/mol. The van der Waals surface area contributed by atoms with Crippen molar-refractivity contribution in [2.45, 2.75) is 27.2 Å². The molecule has 5 nitrogen and oxygen atoms in total. The van der Waals surface area contributed by atoms with Crippen molar-refractivity contribution >= 4 is 34.7 Å². The highest BCUT2D eigenvalue weighted by atomic mass is 32.1. The number of hydrogen-bond donors (Lipinski definition) is 1. The highest BCUT2D eigenvalue weighted by Gasteiger charge is 2.14. The lowest BCUT2D eigenvalue weighted by atomic mass is 10.1. The molecule has 0 spiro atoms. The molecule has 0 saturated carbocycles. The number of ketones is 1. The minimum absolute atomic E-state index is 0.0421. The van der Waals surface area contributed by atoms with Gasteiger partial charge in [0.1, 0.15) is 4.88 Å². The molecular weight excluding hydrogens is 326 g/mol. The molecule has 0 aliphatic rings. The number of aryl methyl sites for hydroxylation is 2. The lowest BCUT2D eigenvalue weighted by Gasteiger charge is -2.06. The van der Waals surface area contributed by atoms with Gasteiger partial charge in [-0.15, -0.1) is 11.3 Å². The molecule has 1 heterocycles. The quantitative estimate of drug-likeness (QED) is 0.641. The Bertz CT molecular complexity index is 762. The first-order valence-corrected chi connectivity index (χ1v) is 8.39. The maximum atomic E-state index is 12.0. The Hall–Kier alpha value is -2.47. The van der Waals surface area contributed by atoms with Crippen molar-refractivity contribution in [2.75, 3.05) is 11.9 Å². The summed E-state index contributed by atoms with van der Waals surface area (Å²) in [5, 5.41) is 2.62. The van der Waals surface area contributed by atoms with Gasteiger partial charge in [0, 0.05) is 16.1 Å². The SMILES string of the molecule is CCc1sc(C(=O)OCC(=O)Nc2ccc(C(C)=O)cc2)cc1C. The van der Waals surface area contributed by atoms with Crippen LogP contribution in [0.5, 0.6) is 0 Å². The third kappa shape index (κ3) is 4.52. The highest BCUT2D eigenvalue weighted by molar-refractivity contribution is 7.14. The van der Waals surface area contributed by atoms with Crippen molar-refractivity contribution in [3.63, 3.8) is 0 Å². The van der Waals surface area contributed by atoms with Gasteiger partial charge in [0.2, 0.25) is 0 Å². The maximum Gasteiger partial charge on any atom is 0.348 e. The molecule has 0 fully saturated rings. The van der Waals surface area contributed by atoms with Gasteiger partial charge in [-0.3, -0.25) is 9.59 Å². The Kier molecular flexibility index (Phi) is 5.87. The molecule has 2 aromatic rings. The second-order valence-corrected chi connectivity index (χ2v) is 6.46. The molecule has 2 rings (SSSR count). The summed E-state index contributed by atoms with van der Waals surface area (Å²) in [7, 11) is 0. The van der Waals surface area contributed by atoms with Crippen LogP contribution in [-0.2, 0) is 16.0 Å². The summed E-state index contributed by atoms with van der Waals surface area (Å²) in [5.41, 5.74) is 2.17. The van der Waals surface area contributed by atoms with Gasteiger partial charge in [-0.1, -0.05) is 6.92 Å². The van der Waals surface area contributed by atoms with E-state index < -0.39 is 11.9 Å². The summed E-state index contributed by atoms with van der Waals surface area (Å²) in [4.78, 5) is 36.7. The van der Waals surface area contributed by atoms with Crippen molar-refractivity contribution in [2.24, 2.45) is 0 Å². The Labute approximate surface area is 144 Å². The van der Waals surface area contributed by atoms with Crippen molar-refractivity contribution in [1.29, 1.82) is 0 Å². The molecule has 24 heavy (non-hydrogen) atoms. The average Bonchev–Trinajstić information content (AvgIpc) is 2.94. The number of thiophene rings is 1. The molecule has 0 aliphatic carbocycles. The Morgan fingerprint density at radius 2 is 1.83 bits per heavy atom. The number of Topliss-reactive ketones (excluding diaryl/α,β-unsaturated/α-hetero) is 1. The number of carbonyl (C=O) groups excluding carboxylic acids is 3. The third-order valence-corrected chi connectivity index (χ3v) is 4.81. The van der Waals surface area contributed by atoms with E-state index in [0.717, 1.165) is 16.9 Å². The van der Waals surface area contributed by atoms with Gasteiger partial charge in [0.25, 0.3) is 5.91 Å². The lowest BCUT2D eigenvalue weighted by Crippen LogP contribution is -2.20. The predicted molar refractivity (Wildman–Crippen MR) is 93.8 cm³/mol. The number of carbonyl (C=O) groups is 3. The van der Waals surface area contributed by atoms with Crippen molar-refractivity contribution in [3.05, 3.63) is 51.2 Å². The van der Waals surface area contributed by atoms with Crippen molar-refractivity contribution in [3.8, 4) is 0 Å². The minimum Gasteiger partial charge on any atom is -0.451 e. The van der Waals surface area contributed by atoms with Crippen LogP contribution in [0.1, 0.15) is 44.3 Å². The average molecular weight is 345 g/mol. The summed E-state index contributed by atoms with van der Waals surface area (Å²) in [6.07, 6.45) is 0.862. The summed E-state index contributed by atoms with van der Waals surface area (Å²) in [6, 6.07) is 8.30. The molecule has 0 radical (unpaired) electrons.